The van der Waals surface area contributed by atoms with E-state index in [1.54, 1.807) is 14.2 Å². The Morgan fingerprint density at radius 2 is 2.00 bits per heavy atom. The molecule has 1 aromatic carbocycles. The van der Waals surface area contributed by atoms with Gasteiger partial charge in [-0.3, -0.25) is 9.79 Å². The zero-order valence-electron chi connectivity index (χ0n) is 19.3. The molecule has 1 aromatic heterocycles. The van der Waals surface area contributed by atoms with Crippen molar-refractivity contribution in [2.24, 2.45) is 4.99 Å². The quantitative estimate of drug-likeness (QED) is 0.295. The maximum Gasteiger partial charge on any atom is 0.253 e. The molecule has 0 fully saturated rings. The van der Waals surface area contributed by atoms with Gasteiger partial charge in [0.25, 0.3) is 5.91 Å². The van der Waals surface area contributed by atoms with Crippen molar-refractivity contribution >= 4 is 35.8 Å². The molecule has 9 nitrogen and oxygen atoms in total. The van der Waals surface area contributed by atoms with Gasteiger partial charge in [0.2, 0.25) is 0 Å². The minimum absolute atomic E-state index is 0. The van der Waals surface area contributed by atoms with Gasteiger partial charge in [-0.25, -0.2) is 9.67 Å². The van der Waals surface area contributed by atoms with Crippen molar-refractivity contribution < 1.29 is 9.53 Å². The number of halogens is 1. The van der Waals surface area contributed by atoms with Gasteiger partial charge < -0.3 is 20.3 Å². The molecule has 1 atom stereocenters. The molecule has 1 amide bonds. The van der Waals surface area contributed by atoms with E-state index in [4.69, 9.17) is 4.74 Å². The van der Waals surface area contributed by atoms with Crippen LogP contribution in [-0.2, 0) is 30.9 Å². The van der Waals surface area contributed by atoms with Crippen molar-refractivity contribution in [3.8, 4) is 0 Å². The monoisotopic (exact) mass is 555 g/mol. The van der Waals surface area contributed by atoms with Crippen LogP contribution in [0.25, 0.3) is 0 Å². The van der Waals surface area contributed by atoms with Crippen LogP contribution in [-0.4, -0.2) is 64.8 Å². The third kappa shape index (κ3) is 6.64. The molecule has 0 aliphatic carbocycles. The van der Waals surface area contributed by atoms with Gasteiger partial charge in [0, 0.05) is 51.8 Å². The molecule has 0 saturated carbocycles. The van der Waals surface area contributed by atoms with Crippen molar-refractivity contribution in [1.82, 2.24) is 30.3 Å². The van der Waals surface area contributed by atoms with Gasteiger partial charge in [-0.05, 0) is 38.0 Å². The van der Waals surface area contributed by atoms with Gasteiger partial charge in [0.15, 0.2) is 11.8 Å². The van der Waals surface area contributed by atoms with Crippen LogP contribution < -0.4 is 10.6 Å². The second-order valence-corrected chi connectivity index (χ2v) is 7.54. The summed E-state index contributed by atoms with van der Waals surface area (Å²) >= 11 is 0. The number of aryl methyl sites for hydroxylation is 1. The first-order chi connectivity index (χ1) is 15.1. The number of carbonyl (C=O) groups excluding carboxylic acids is 1. The number of aliphatic imine (C=N–C) groups is 1. The second-order valence-electron chi connectivity index (χ2n) is 7.54. The standard InChI is InChI=1S/C22H33N7O2.HI/c1-5-28(6-2)21(30)17-9-7-16(8-10-17)13-24-22(23-3)25-18-11-12-20-26-19(15-31-4)27-29(20)14-18;/h7-10,18H,5-6,11-15H2,1-4H3,(H2,23,24,25);1H. The average molecular weight is 555 g/mol. The molecule has 2 heterocycles. The maximum absolute atomic E-state index is 12.4. The number of carbonyl (C=O) groups is 1. The molecule has 1 unspecified atom stereocenters. The predicted molar refractivity (Wildman–Crippen MR) is 135 cm³/mol. The Balaban J connectivity index is 0.00000363. The third-order valence-electron chi connectivity index (χ3n) is 5.45. The summed E-state index contributed by atoms with van der Waals surface area (Å²) in [4.78, 5) is 23.1. The molecule has 176 valence electrons. The highest BCUT2D eigenvalue weighted by atomic mass is 127. The lowest BCUT2D eigenvalue weighted by Gasteiger charge is -2.25. The second kappa shape index (κ2) is 12.7. The fraction of sp³-hybridized carbons (Fsp3) is 0.545. The van der Waals surface area contributed by atoms with E-state index in [1.807, 2.05) is 47.7 Å². The third-order valence-corrected chi connectivity index (χ3v) is 5.45. The number of hydrogen-bond acceptors (Lipinski definition) is 5. The van der Waals surface area contributed by atoms with Crippen LogP contribution in [0.3, 0.4) is 0 Å². The number of nitrogens with one attached hydrogen (secondary N) is 2. The number of nitrogens with zero attached hydrogens (tertiary/aromatic N) is 5. The van der Waals surface area contributed by atoms with Crippen LogP contribution in [0.15, 0.2) is 29.3 Å². The lowest BCUT2D eigenvalue weighted by Crippen LogP contribution is -2.46. The Morgan fingerprint density at radius 1 is 1.28 bits per heavy atom. The minimum atomic E-state index is 0. The highest BCUT2D eigenvalue weighted by Gasteiger charge is 2.22. The Bertz CT molecular complexity index is 894. The number of rotatable bonds is 8. The highest BCUT2D eigenvalue weighted by Crippen LogP contribution is 2.13. The van der Waals surface area contributed by atoms with Crippen molar-refractivity contribution in [2.75, 3.05) is 27.2 Å². The smallest absolute Gasteiger partial charge is 0.253 e. The molecule has 0 radical (unpaired) electrons. The summed E-state index contributed by atoms with van der Waals surface area (Å²) in [7, 11) is 3.41. The van der Waals surface area contributed by atoms with Crippen molar-refractivity contribution in [3.63, 3.8) is 0 Å². The number of aromatic nitrogens is 3. The van der Waals surface area contributed by atoms with Crippen LogP contribution in [0.4, 0.5) is 0 Å². The molecule has 10 heteroatoms. The molecular weight excluding hydrogens is 521 g/mol. The fourth-order valence-electron chi connectivity index (χ4n) is 3.70. The molecule has 0 bridgehead atoms. The Hall–Kier alpha value is -2.21. The van der Waals surface area contributed by atoms with E-state index in [0.717, 1.165) is 42.6 Å². The van der Waals surface area contributed by atoms with Crippen LogP contribution in [0.5, 0.6) is 0 Å². The van der Waals surface area contributed by atoms with Crippen LogP contribution in [0.1, 0.15) is 47.8 Å². The number of methoxy groups -OCH3 is 1. The first-order valence-electron chi connectivity index (χ1n) is 10.8. The lowest BCUT2D eigenvalue weighted by atomic mass is 10.1. The van der Waals surface area contributed by atoms with Gasteiger partial charge >= 0.3 is 0 Å². The summed E-state index contributed by atoms with van der Waals surface area (Å²) < 4.78 is 7.08. The minimum Gasteiger partial charge on any atom is -0.377 e. The normalized spacial score (nSPS) is 15.5. The van der Waals surface area contributed by atoms with E-state index in [0.29, 0.717) is 31.8 Å². The SMILES string of the molecule is CCN(CC)C(=O)c1ccc(CNC(=NC)NC2CCc3nc(COC)nn3C2)cc1.I. The number of benzene rings is 1. The van der Waals surface area contributed by atoms with Crippen LogP contribution >= 0.6 is 24.0 Å². The molecule has 2 aromatic rings. The number of fused-ring (bicyclic) bond motifs is 1. The van der Waals surface area contributed by atoms with E-state index in [9.17, 15) is 4.79 Å². The highest BCUT2D eigenvalue weighted by molar-refractivity contribution is 14.0. The lowest BCUT2D eigenvalue weighted by molar-refractivity contribution is 0.0773. The van der Waals surface area contributed by atoms with Gasteiger partial charge in [-0.2, -0.15) is 5.10 Å². The number of ether oxygens (including phenoxy) is 1. The maximum atomic E-state index is 12.4. The molecule has 0 spiro atoms. The zero-order valence-corrected chi connectivity index (χ0v) is 21.6. The van der Waals surface area contributed by atoms with Crippen LogP contribution in [0, 0.1) is 0 Å². The topological polar surface area (TPSA) is 96.7 Å². The predicted octanol–water partition coefficient (Wildman–Crippen LogP) is 2.20. The summed E-state index contributed by atoms with van der Waals surface area (Å²) in [6.45, 7) is 7.21. The van der Waals surface area contributed by atoms with Crippen molar-refractivity contribution in [3.05, 3.63) is 47.0 Å². The fourth-order valence-corrected chi connectivity index (χ4v) is 3.70. The summed E-state index contributed by atoms with van der Waals surface area (Å²) in [5.41, 5.74) is 1.80. The van der Waals surface area contributed by atoms with Crippen LogP contribution in [0.2, 0.25) is 0 Å². The van der Waals surface area contributed by atoms with Crippen molar-refractivity contribution in [1.29, 1.82) is 0 Å². The van der Waals surface area contributed by atoms with E-state index in [1.165, 1.54) is 0 Å². The zero-order chi connectivity index (χ0) is 22.2. The summed E-state index contributed by atoms with van der Waals surface area (Å²) in [5.74, 6) is 2.55. The summed E-state index contributed by atoms with van der Waals surface area (Å²) in [5, 5.41) is 11.3. The number of amides is 1. The van der Waals surface area contributed by atoms with Gasteiger partial charge in [0.05, 0.1) is 6.54 Å². The first-order valence-corrected chi connectivity index (χ1v) is 10.8. The number of hydrogen-bond donors (Lipinski definition) is 2. The van der Waals surface area contributed by atoms with Gasteiger partial charge in [0.1, 0.15) is 12.4 Å². The number of guanidine groups is 1. The van der Waals surface area contributed by atoms with E-state index in [-0.39, 0.29) is 35.9 Å². The van der Waals surface area contributed by atoms with Crippen molar-refractivity contribution in [2.45, 2.75) is 52.4 Å². The molecule has 1 aliphatic rings. The molecule has 2 N–H and O–H groups in total. The summed E-state index contributed by atoms with van der Waals surface area (Å²) in [6.07, 6.45) is 1.83. The molecule has 3 rings (SSSR count). The van der Waals surface area contributed by atoms with Gasteiger partial charge in [-0.15, -0.1) is 24.0 Å². The molecule has 1 aliphatic heterocycles. The average Bonchev–Trinajstić information content (AvgIpc) is 3.19. The van der Waals surface area contributed by atoms with E-state index in [2.05, 4.69) is 25.7 Å². The van der Waals surface area contributed by atoms with E-state index >= 15 is 0 Å². The Labute approximate surface area is 207 Å². The molecular formula is C22H34IN7O2. The van der Waals surface area contributed by atoms with Gasteiger partial charge in [-0.1, -0.05) is 12.1 Å². The largest absolute Gasteiger partial charge is 0.377 e. The Morgan fingerprint density at radius 3 is 2.62 bits per heavy atom. The molecule has 0 saturated heterocycles. The Kier molecular flexibility index (Phi) is 10.4. The molecule has 32 heavy (non-hydrogen) atoms. The first kappa shape index (κ1) is 26.0. The summed E-state index contributed by atoms with van der Waals surface area (Å²) in [6, 6.07) is 7.97. The van der Waals surface area contributed by atoms with E-state index < -0.39 is 0 Å².